The molecule has 0 radical (unpaired) electrons. The lowest BCUT2D eigenvalue weighted by molar-refractivity contribution is 0.775. The van der Waals surface area contributed by atoms with E-state index in [1.54, 1.807) is 0 Å². The van der Waals surface area contributed by atoms with Gasteiger partial charge < -0.3 is 4.57 Å². The Balaban J connectivity index is 1.32. The minimum Gasteiger partial charge on any atom is -0.309 e. The maximum absolute atomic E-state index is 5.14. The summed E-state index contributed by atoms with van der Waals surface area (Å²) >= 11 is 0. The van der Waals surface area contributed by atoms with Crippen LogP contribution in [0.25, 0.3) is 62.0 Å². The average molecular weight is 665 g/mol. The molecule has 1 aliphatic rings. The zero-order valence-corrected chi connectivity index (χ0v) is 28.3. The number of para-hydroxylation sites is 2. The predicted molar refractivity (Wildman–Crippen MR) is 210 cm³/mol. The van der Waals surface area contributed by atoms with Crippen LogP contribution in [0.3, 0.4) is 0 Å². The molecule has 4 heteroatoms. The van der Waals surface area contributed by atoms with E-state index in [-0.39, 0.29) is 0 Å². The van der Waals surface area contributed by atoms with E-state index in [2.05, 4.69) is 162 Å². The van der Waals surface area contributed by atoms with Crippen molar-refractivity contribution >= 4 is 10.9 Å². The highest BCUT2D eigenvalue weighted by atomic mass is 15.0. The first-order chi connectivity index (χ1) is 25.8. The van der Waals surface area contributed by atoms with Crippen LogP contribution in [0.1, 0.15) is 22.3 Å². The standard InChI is InChI=1S/C48H32N4/c1-6-18-33(19-7-1)45-49-46(34-20-8-2-9-21-34)51-47(50-45)35-30-31-39-41(32-35)48(36-22-10-3-11-23-36,37-24-12-4-13-25-37)43-40-28-16-17-29-42(40)52(44(39)43)38-26-14-5-15-27-38/h1-32H. The molecular weight excluding hydrogens is 633 g/mol. The molecule has 9 aromatic rings. The summed E-state index contributed by atoms with van der Waals surface area (Å²) < 4.78 is 2.45. The molecule has 0 spiro atoms. The van der Waals surface area contributed by atoms with Crippen LogP contribution in [0.2, 0.25) is 0 Å². The number of hydrogen-bond donors (Lipinski definition) is 0. The van der Waals surface area contributed by atoms with Gasteiger partial charge in [0.2, 0.25) is 0 Å². The Bertz CT molecular complexity index is 2610. The van der Waals surface area contributed by atoms with E-state index in [0.29, 0.717) is 17.5 Å². The first-order valence-electron chi connectivity index (χ1n) is 17.6. The lowest BCUT2D eigenvalue weighted by atomic mass is 9.67. The molecule has 0 fully saturated rings. The van der Waals surface area contributed by atoms with E-state index in [4.69, 9.17) is 15.0 Å². The number of benzene rings is 7. The summed E-state index contributed by atoms with van der Waals surface area (Å²) in [6.45, 7) is 0. The summed E-state index contributed by atoms with van der Waals surface area (Å²) in [6.07, 6.45) is 0. The zero-order chi connectivity index (χ0) is 34.5. The van der Waals surface area contributed by atoms with Crippen molar-refractivity contribution in [1.29, 1.82) is 0 Å². The third kappa shape index (κ3) is 4.58. The fourth-order valence-corrected chi connectivity index (χ4v) is 8.13. The van der Waals surface area contributed by atoms with Crippen molar-refractivity contribution in [2.75, 3.05) is 0 Å². The maximum atomic E-state index is 5.14. The van der Waals surface area contributed by atoms with E-state index in [1.807, 2.05) is 36.4 Å². The molecule has 4 nitrogen and oxygen atoms in total. The number of aromatic nitrogens is 4. The molecule has 0 bridgehead atoms. The SMILES string of the molecule is c1ccc(-c2nc(-c3ccccc3)nc(-c3ccc4c(c3)C(c3ccccc3)(c3ccccc3)c3c-4n(-c4ccccc4)c4ccccc34)n2)cc1. The second-order valence-electron chi connectivity index (χ2n) is 13.2. The van der Waals surface area contributed by atoms with Crippen molar-refractivity contribution in [3.8, 4) is 51.1 Å². The van der Waals surface area contributed by atoms with Gasteiger partial charge in [0.05, 0.1) is 16.6 Å². The molecule has 244 valence electrons. The monoisotopic (exact) mass is 664 g/mol. The highest BCUT2D eigenvalue weighted by Crippen LogP contribution is 2.60. The van der Waals surface area contributed by atoms with Crippen LogP contribution < -0.4 is 0 Å². The Morgan fingerprint density at radius 2 is 0.865 bits per heavy atom. The van der Waals surface area contributed by atoms with Gasteiger partial charge in [0.15, 0.2) is 17.5 Å². The molecular formula is C48H32N4. The fraction of sp³-hybridized carbons (Fsp3) is 0.0208. The van der Waals surface area contributed by atoms with Crippen LogP contribution >= 0.6 is 0 Å². The van der Waals surface area contributed by atoms with Gasteiger partial charge in [0, 0.05) is 38.9 Å². The molecule has 0 aliphatic heterocycles. The van der Waals surface area contributed by atoms with Crippen molar-refractivity contribution in [1.82, 2.24) is 19.5 Å². The summed E-state index contributed by atoms with van der Waals surface area (Å²) in [7, 11) is 0. The fourth-order valence-electron chi connectivity index (χ4n) is 8.13. The molecule has 52 heavy (non-hydrogen) atoms. The van der Waals surface area contributed by atoms with Gasteiger partial charge in [0.25, 0.3) is 0 Å². The summed E-state index contributed by atoms with van der Waals surface area (Å²) in [5.74, 6) is 1.93. The molecule has 0 amide bonds. The summed E-state index contributed by atoms with van der Waals surface area (Å²) in [5, 5.41) is 1.23. The second-order valence-corrected chi connectivity index (χ2v) is 13.2. The smallest absolute Gasteiger partial charge is 0.164 e. The maximum Gasteiger partial charge on any atom is 0.164 e. The van der Waals surface area contributed by atoms with Gasteiger partial charge in [0.1, 0.15) is 0 Å². The summed E-state index contributed by atoms with van der Waals surface area (Å²) in [5.41, 5.74) is 11.8. The van der Waals surface area contributed by atoms with Crippen LogP contribution in [0.4, 0.5) is 0 Å². The molecule has 1 aliphatic carbocycles. The van der Waals surface area contributed by atoms with Gasteiger partial charge in [-0.05, 0) is 41.0 Å². The van der Waals surface area contributed by atoms with Crippen molar-refractivity contribution in [2.45, 2.75) is 5.41 Å². The van der Waals surface area contributed by atoms with E-state index in [1.165, 1.54) is 44.4 Å². The Morgan fingerprint density at radius 1 is 0.404 bits per heavy atom. The molecule has 0 saturated heterocycles. The van der Waals surface area contributed by atoms with Crippen LogP contribution in [0.15, 0.2) is 194 Å². The van der Waals surface area contributed by atoms with Crippen molar-refractivity contribution in [2.24, 2.45) is 0 Å². The van der Waals surface area contributed by atoms with Crippen LogP contribution in [0.5, 0.6) is 0 Å². The Kier molecular flexibility index (Phi) is 7.00. The minimum atomic E-state index is -0.625. The second kappa shape index (κ2) is 12.1. The molecule has 0 N–H and O–H groups in total. The first-order valence-corrected chi connectivity index (χ1v) is 17.6. The van der Waals surface area contributed by atoms with Gasteiger partial charge in [-0.25, -0.2) is 15.0 Å². The van der Waals surface area contributed by atoms with E-state index >= 15 is 0 Å². The zero-order valence-electron chi connectivity index (χ0n) is 28.3. The average Bonchev–Trinajstić information content (AvgIpc) is 3.73. The molecule has 0 unspecified atom stereocenters. The minimum absolute atomic E-state index is 0.625. The van der Waals surface area contributed by atoms with Gasteiger partial charge in [-0.2, -0.15) is 0 Å². The van der Waals surface area contributed by atoms with Crippen LogP contribution in [-0.4, -0.2) is 19.5 Å². The molecule has 0 saturated carbocycles. The van der Waals surface area contributed by atoms with Gasteiger partial charge in [-0.1, -0.05) is 170 Å². The van der Waals surface area contributed by atoms with E-state index in [0.717, 1.165) is 22.4 Å². The largest absolute Gasteiger partial charge is 0.309 e. The quantitative estimate of drug-likeness (QED) is 0.178. The van der Waals surface area contributed by atoms with Crippen LogP contribution in [-0.2, 0) is 5.41 Å². The topological polar surface area (TPSA) is 43.6 Å². The third-order valence-electron chi connectivity index (χ3n) is 10.3. The molecule has 0 atom stereocenters. The Hall–Kier alpha value is -6.91. The number of nitrogens with zero attached hydrogens (tertiary/aromatic N) is 4. The Morgan fingerprint density at radius 3 is 1.42 bits per heavy atom. The normalized spacial score (nSPS) is 12.8. The lowest BCUT2D eigenvalue weighted by Crippen LogP contribution is -2.28. The third-order valence-corrected chi connectivity index (χ3v) is 10.3. The Labute approximate surface area is 302 Å². The molecule has 7 aromatic carbocycles. The summed E-state index contributed by atoms with van der Waals surface area (Å²) in [6, 6.07) is 68.6. The van der Waals surface area contributed by atoms with Crippen molar-refractivity contribution in [3.05, 3.63) is 216 Å². The van der Waals surface area contributed by atoms with Crippen molar-refractivity contribution < 1.29 is 0 Å². The molecule has 10 rings (SSSR count). The summed E-state index contributed by atoms with van der Waals surface area (Å²) in [4.78, 5) is 15.3. The lowest BCUT2D eigenvalue weighted by Gasteiger charge is -2.33. The number of hydrogen-bond acceptors (Lipinski definition) is 3. The molecule has 2 heterocycles. The van der Waals surface area contributed by atoms with Gasteiger partial charge in [-0.3, -0.25) is 0 Å². The van der Waals surface area contributed by atoms with Gasteiger partial charge >= 0.3 is 0 Å². The van der Waals surface area contributed by atoms with E-state index in [9.17, 15) is 0 Å². The molecule has 2 aromatic heterocycles. The predicted octanol–water partition coefficient (Wildman–Crippen LogP) is 11.2. The van der Waals surface area contributed by atoms with E-state index < -0.39 is 5.41 Å². The number of fused-ring (bicyclic) bond motifs is 5. The van der Waals surface area contributed by atoms with Crippen molar-refractivity contribution in [3.63, 3.8) is 0 Å². The highest BCUT2D eigenvalue weighted by molar-refractivity contribution is 6.02. The van der Waals surface area contributed by atoms with Gasteiger partial charge in [-0.15, -0.1) is 0 Å². The first kappa shape index (κ1) is 30.0. The van der Waals surface area contributed by atoms with Crippen LogP contribution in [0, 0.1) is 0 Å². The number of rotatable bonds is 6. The highest BCUT2D eigenvalue weighted by Gasteiger charge is 2.49.